The number of benzene rings is 3. The van der Waals surface area contributed by atoms with E-state index in [1.807, 2.05) is 61.5 Å². The third-order valence-corrected chi connectivity index (χ3v) is 12.1. The van der Waals surface area contributed by atoms with Crippen LogP contribution in [-0.4, -0.2) is 88.3 Å². The molecule has 55 heavy (non-hydrogen) atoms. The van der Waals surface area contributed by atoms with Gasteiger partial charge in [0, 0.05) is 16.9 Å². The van der Waals surface area contributed by atoms with Crippen molar-refractivity contribution < 1.29 is 24.3 Å². The van der Waals surface area contributed by atoms with E-state index in [2.05, 4.69) is 67.7 Å². The molecule has 1 fully saturated rings. The summed E-state index contributed by atoms with van der Waals surface area (Å²) in [5.74, 6) is 3.72. The summed E-state index contributed by atoms with van der Waals surface area (Å²) in [5, 5.41) is 33.6. The maximum absolute atomic E-state index is 14.0. The first-order chi connectivity index (χ1) is 26.8. The second kappa shape index (κ2) is 16.7. The number of nitrogens with zero attached hydrogens (tertiary/aromatic N) is 7. The SMILES string of the molecule is CCCCO/N=C(/C(=O)N[C@@H]1C(=O)N2C(C(=O)O)=C(CSc3nnnn3N)CS[C@H]12)c1csc(NC(c2ccccc2)(c2ccccc2)c2ccccc2)n1. The number of nitrogen functional groups attached to an aromatic ring is 1. The van der Waals surface area contributed by atoms with Crippen LogP contribution in [0.2, 0.25) is 0 Å². The molecule has 2 atom stereocenters. The number of carboxylic acid groups (broad SMARTS) is 1. The topological polar surface area (TPSA) is 203 Å². The predicted octanol–water partition coefficient (Wildman–Crippen LogP) is 4.30. The van der Waals surface area contributed by atoms with E-state index < -0.39 is 34.7 Å². The van der Waals surface area contributed by atoms with Crippen molar-refractivity contribution in [2.75, 3.05) is 29.3 Å². The van der Waals surface area contributed by atoms with Crippen LogP contribution in [0.25, 0.3) is 0 Å². The van der Waals surface area contributed by atoms with E-state index in [0.717, 1.165) is 46.1 Å². The number of thiazole rings is 1. The standard InChI is InChI=1S/C37H36N10O5S3/c1-2-3-19-52-43-28(31(48)40-29-32(49)46-30(34(50)51)23(20-53-33(29)46)21-55-36-42-44-45-47(36)38)27-22-54-35(39-27)41-37(24-13-7-4-8-14-24,25-15-9-5-10-16-25)26-17-11-6-12-18-26/h4-18,22,29,33H,2-3,19-21,38H2,1H3,(H,39,41)(H,40,48)(H,50,51)/b43-28+/t29-,33-/m1/s1. The van der Waals surface area contributed by atoms with E-state index >= 15 is 0 Å². The molecule has 7 rings (SSSR count). The van der Waals surface area contributed by atoms with Gasteiger partial charge in [0.25, 0.3) is 11.8 Å². The molecule has 0 spiro atoms. The van der Waals surface area contributed by atoms with Crippen LogP contribution in [0.4, 0.5) is 5.13 Å². The van der Waals surface area contributed by atoms with Crippen molar-refractivity contribution in [2.24, 2.45) is 5.16 Å². The first-order valence-electron chi connectivity index (χ1n) is 17.3. The summed E-state index contributed by atoms with van der Waals surface area (Å²) in [4.78, 5) is 52.6. The van der Waals surface area contributed by atoms with Gasteiger partial charge >= 0.3 is 5.97 Å². The molecular weight excluding hydrogens is 761 g/mol. The predicted molar refractivity (Wildman–Crippen MR) is 211 cm³/mol. The van der Waals surface area contributed by atoms with Crippen LogP contribution in [0.1, 0.15) is 42.1 Å². The van der Waals surface area contributed by atoms with Gasteiger partial charge < -0.3 is 26.4 Å². The van der Waals surface area contributed by atoms with Gasteiger partial charge in [-0.1, -0.05) is 126 Å². The summed E-state index contributed by atoms with van der Waals surface area (Å²) in [6.45, 7) is 2.29. The number of nitrogens with one attached hydrogen (secondary N) is 2. The van der Waals surface area contributed by atoms with Gasteiger partial charge in [0.15, 0.2) is 10.8 Å². The summed E-state index contributed by atoms with van der Waals surface area (Å²) in [7, 11) is 0. The lowest BCUT2D eigenvalue weighted by atomic mass is 9.77. The minimum absolute atomic E-state index is 0.109. The third kappa shape index (κ3) is 7.65. The maximum Gasteiger partial charge on any atom is 0.352 e. The number of unbranched alkanes of at least 4 members (excludes halogenated alkanes) is 1. The number of oxime groups is 1. The molecule has 0 unspecified atom stereocenters. The van der Waals surface area contributed by atoms with Crippen molar-refractivity contribution in [1.82, 2.24) is 35.5 Å². The van der Waals surface area contributed by atoms with Crippen LogP contribution in [-0.2, 0) is 24.8 Å². The fourth-order valence-corrected chi connectivity index (χ4v) is 9.37. The second-order valence-electron chi connectivity index (χ2n) is 12.5. The molecule has 2 amide bonds. The van der Waals surface area contributed by atoms with E-state index in [0.29, 0.717) is 21.6 Å². The number of rotatable bonds is 16. The zero-order valence-electron chi connectivity index (χ0n) is 29.4. The van der Waals surface area contributed by atoms with Crippen molar-refractivity contribution in [2.45, 2.75) is 41.9 Å². The average molecular weight is 797 g/mol. The highest BCUT2D eigenvalue weighted by Crippen LogP contribution is 2.42. The van der Waals surface area contributed by atoms with Crippen LogP contribution >= 0.6 is 34.9 Å². The third-order valence-electron chi connectivity index (χ3n) is 9.00. The number of β-lactam (4-membered cyclic amide) rings is 1. The molecule has 2 aliphatic rings. The smallest absolute Gasteiger partial charge is 0.352 e. The number of tetrazole rings is 1. The lowest BCUT2D eigenvalue weighted by molar-refractivity contribution is -0.150. The fraction of sp³-hybridized carbons (Fsp3) is 0.243. The Labute approximate surface area is 328 Å². The fourth-order valence-electron chi connectivity index (χ4n) is 6.34. The number of fused-ring (bicyclic) bond motifs is 1. The number of carbonyl (C=O) groups is 3. The first-order valence-corrected chi connectivity index (χ1v) is 20.2. The van der Waals surface area contributed by atoms with Crippen molar-refractivity contribution in [1.29, 1.82) is 0 Å². The highest BCUT2D eigenvalue weighted by molar-refractivity contribution is 8.01. The molecule has 2 aliphatic heterocycles. The van der Waals surface area contributed by atoms with E-state index in [1.54, 1.807) is 5.38 Å². The van der Waals surface area contributed by atoms with E-state index in [-0.39, 0.29) is 29.5 Å². The van der Waals surface area contributed by atoms with Gasteiger partial charge in [-0.3, -0.25) is 14.5 Å². The summed E-state index contributed by atoms with van der Waals surface area (Å²) >= 11 is 3.80. The Hall–Kier alpha value is -5.72. The Kier molecular flexibility index (Phi) is 11.4. The number of carboxylic acids is 1. The largest absolute Gasteiger partial charge is 0.477 e. The van der Waals surface area contributed by atoms with Gasteiger partial charge in [-0.25, -0.2) is 9.78 Å². The van der Waals surface area contributed by atoms with Crippen LogP contribution in [0.15, 0.2) is 118 Å². The van der Waals surface area contributed by atoms with Crippen molar-refractivity contribution in [3.63, 3.8) is 0 Å². The molecule has 5 aromatic rings. The van der Waals surface area contributed by atoms with E-state index in [9.17, 15) is 19.5 Å². The quantitative estimate of drug-likeness (QED) is 0.0210. The van der Waals surface area contributed by atoms with E-state index in [4.69, 9.17) is 15.7 Å². The van der Waals surface area contributed by atoms with Crippen LogP contribution in [0, 0.1) is 0 Å². The van der Waals surface area contributed by atoms with Crippen molar-refractivity contribution in [3.05, 3.63) is 130 Å². The van der Waals surface area contributed by atoms with Crippen LogP contribution in [0.3, 0.4) is 0 Å². The summed E-state index contributed by atoms with van der Waals surface area (Å²) < 4.78 is 0. The van der Waals surface area contributed by atoms with Gasteiger partial charge in [0.1, 0.15) is 35.0 Å². The molecule has 1 saturated heterocycles. The molecule has 0 aliphatic carbocycles. The number of hydrogen-bond donors (Lipinski definition) is 4. The van der Waals surface area contributed by atoms with Gasteiger partial charge in [-0.05, 0) is 39.1 Å². The summed E-state index contributed by atoms with van der Waals surface area (Å²) in [6.07, 6.45) is 1.58. The molecule has 3 aromatic carbocycles. The number of aliphatic carboxylic acids is 1. The van der Waals surface area contributed by atoms with Crippen LogP contribution in [0.5, 0.6) is 0 Å². The highest BCUT2D eigenvalue weighted by atomic mass is 32.2. The number of anilines is 1. The minimum atomic E-state index is -1.25. The molecule has 18 heteroatoms. The molecule has 282 valence electrons. The highest BCUT2D eigenvalue weighted by Gasteiger charge is 2.54. The molecule has 0 bridgehead atoms. The number of aromatic nitrogens is 5. The number of nitrogens with two attached hydrogens (primary N) is 1. The molecule has 0 saturated carbocycles. The molecule has 15 nitrogen and oxygen atoms in total. The first kappa shape index (κ1) is 37.6. The molecule has 2 aromatic heterocycles. The number of amides is 2. The zero-order chi connectivity index (χ0) is 38.4. The Bertz CT molecular complexity index is 2120. The molecule has 5 N–H and O–H groups in total. The Morgan fingerprint density at radius 2 is 1.67 bits per heavy atom. The Morgan fingerprint density at radius 3 is 2.24 bits per heavy atom. The minimum Gasteiger partial charge on any atom is -0.477 e. The van der Waals surface area contributed by atoms with Crippen molar-refractivity contribution >= 4 is 63.5 Å². The Morgan fingerprint density at radius 1 is 1.04 bits per heavy atom. The van der Waals surface area contributed by atoms with Gasteiger partial charge in [0.05, 0.1) is 0 Å². The average Bonchev–Trinajstić information content (AvgIpc) is 3.86. The van der Waals surface area contributed by atoms with E-state index in [1.165, 1.54) is 28.0 Å². The normalized spacial score (nSPS) is 17.0. The molecule has 4 heterocycles. The van der Waals surface area contributed by atoms with Gasteiger partial charge in [0.2, 0.25) is 5.16 Å². The lowest BCUT2D eigenvalue weighted by Gasteiger charge is -2.49. The summed E-state index contributed by atoms with van der Waals surface area (Å²) in [6, 6.07) is 29.2. The summed E-state index contributed by atoms with van der Waals surface area (Å²) in [5.41, 5.74) is 2.59. The van der Waals surface area contributed by atoms with Gasteiger partial charge in [-0.15, -0.1) is 27.9 Å². The maximum atomic E-state index is 14.0. The number of thioether (sulfide) groups is 2. The second-order valence-corrected chi connectivity index (χ2v) is 15.4. The van der Waals surface area contributed by atoms with Gasteiger partial charge in [-0.2, -0.15) is 0 Å². The molecule has 0 radical (unpaired) electrons. The van der Waals surface area contributed by atoms with Crippen LogP contribution < -0.4 is 16.5 Å². The lowest BCUT2D eigenvalue weighted by Crippen LogP contribution is -2.71. The zero-order valence-corrected chi connectivity index (χ0v) is 31.9. The molecular formula is C37H36N10O5S3. The number of hydrogen-bond acceptors (Lipinski definition) is 14. The number of carbonyl (C=O) groups excluding carboxylic acids is 2. The monoisotopic (exact) mass is 796 g/mol. The van der Waals surface area contributed by atoms with Crippen molar-refractivity contribution in [3.8, 4) is 0 Å². The Balaban J connectivity index is 1.15.